The van der Waals surface area contributed by atoms with E-state index in [1.54, 1.807) is 21.3 Å². The maximum Gasteiger partial charge on any atom is 0.131 e. The summed E-state index contributed by atoms with van der Waals surface area (Å²) < 4.78 is 16.9. The summed E-state index contributed by atoms with van der Waals surface area (Å²) in [4.78, 5) is 2.61. The van der Waals surface area contributed by atoms with Crippen LogP contribution in [0.2, 0.25) is 0 Å². The van der Waals surface area contributed by atoms with E-state index in [9.17, 15) is 0 Å². The summed E-state index contributed by atoms with van der Waals surface area (Å²) in [5.41, 5.74) is 1.19. The first-order valence-corrected chi connectivity index (χ1v) is 9.03. The molecule has 1 saturated heterocycles. The van der Waals surface area contributed by atoms with E-state index in [2.05, 4.69) is 10.2 Å². The maximum absolute atomic E-state index is 5.76. The van der Waals surface area contributed by atoms with E-state index in [0.29, 0.717) is 12.0 Å². The van der Waals surface area contributed by atoms with Crippen molar-refractivity contribution < 1.29 is 14.2 Å². The normalized spacial score (nSPS) is 19.2. The zero-order valence-electron chi connectivity index (χ0n) is 16.0. The number of hydrogen-bond donors (Lipinski definition) is 1. The van der Waals surface area contributed by atoms with Crippen LogP contribution in [0.1, 0.15) is 37.3 Å². The van der Waals surface area contributed by atoms with Crippen molar-refractivity contribution in [1.82, 2.24) is 10.2 Å². The first-order valence-electron chi connectivity index (χ1n) is 9.03. The molecule has 1 saturated carbocycles. The fourth-order valence-corrected chi connectivity index (χ4v) is 4.27. The highest BCUT2D eigenvalue weighted by atomic mass is 35.5. The third-order valence-corrected chi connectivity index (χ3v) is 5.44. The molecule has 5 nitrogen and oxygen atoms in total. The van der Waals surface area contributed by atoms with E-state index in [-0.39, 0.29) is 24.8 Å². The number of rotatable bonds is 6. The van der Waals surface area contributed by atoms with Crippen molar-refractivity contribution in [2.75, 3.05) is 47.5 Å². The predicted molar refractivity (Wildman–Crippen MR) is 110 cm³/mol. The molecule has 150 valence electrons. The first kappa shape index (κ1) is 23.2. The lowest BCUT2D eigenvalue weighted by atomic mass is 9.88. The molecule has 0 unspecified atom stereocenters. The molecule has 3 rings (SSSR count). The predicted octanol–water partition coefficient (Wildman–Crippen LogP) is 3.69. The average Bonchev–Trinajstić information content (AvgIpc) is 3.17. The fourth-order valence-electron chi connectivity index (χ4n) is 4.27. The van der Waals surface area contributed by atoms with Gasteiger partial charge in [-0.1, -0.05) is 12.8 Å². The molecular formula is C19H32Cl2N2O3. The molecule has 26 heavy (non-hydrogen) atoms. The number of methoxy groups -OCH3 is 3. The molecule has 1 heterocycles. The summed E-state index contributed by atoms with van der Waals surface area (Å²) >= 11 is 0. The van der Waals surface area contributed by atoms with E-state index in [1.807, 2.05) is 12.1 Å². The fraction of sp³-hybridized carbons (Fsp3) is 0.684. The van der Waals surface area contributed by atoms with Crippen LogP contribution in [0, 0.1) is 5.92 Å². The molecule has 1 atom stereocenters. The lowest BCUT2D eigenvalue weighted by Crippen LogP contribution is -2.46. The summed E-state index contributed by atoms with van der Waals surface area (Å²) in [7, 11) is 5.15. The number of piperazine rings is 1. The highest BCUT2D eigenvalue weighted by Gasteiger charge is 2.36. The zero-order chi connectivity index (χ0) is 16.9. The third-order valence-electron chi connectivity index (χ3n) is 5.44. The zero-order valence-corrected chi connectivity index (χ0v) is 17.6. The van der Waals surface area contributed by atoms with Gasteiger partial charge in [0.2, 0.25) is 0 Å². The van der Waals surface area contributed by atoms with Crippen LogP contribution >= 0.6 is 24.8 Å². The van der Waals surface area contributed by atoms with E-state index < -0.39 is 0 Å². The second-order valence-corrected chi connectivity index (χ2v) is 6.72. The lowest BCUT2D eigenvalue weighted by Gasteiger charge is -2.39. The highest BCUT2D eigenvalue weighted by Crippen LogP contribution is 2.47. The van der Waals surface area contributed by atoms with E-state index in [4.69, 9.17) is 14.2 Å². The van der Waals surface area contributed by atoms with Crippen molar-refractivity contribution in [3.63, 3.8) is 0 Å². The Morgan fingerprint density at radius 3 is 1.92 bits per heavy atom. The molecule has 2 aliphatic rings. The van der Waals surface area contributed by atoms with Crippen LogP contribution in [0.4, 0.5) is 0 Å². The number of benzene rings is 1. The SMILES string of the molecule is COc1cc(OC)c([C@@H](C2CCCC2)N2CCNCC2)c(OC)c1.Cl.Cl. The second kappa shape index (κ2) is 11.1. The lowest BCUT2D eigenvalue weighted by molar-refractivity contribution is 0.120. The third kappa shape index (κ3) is 4.89. The molecule has 1 N–H and O–H groups in total. The van der Waals surface area contributed by atoms with Crippen LogP contribution in [0.25, 0.3) is 0 Å². The Labute approximate surface area is 169 Å². The second-order valence-electron chi connectivity index (χ2n) is 6.72. The molecule has 1 aromatic carbocycles. The van der Waals surface area contributed by atoms with E-state index in [0.717, 1.165) is 43.4 Å². The molecule has 0 bridgehead atoms. The molecule has 1 aliphatic heterocycles. The summed E-state index contributed by atoms with van der Waals surface area (Å²) in [6.45, 7) is 4.23. The van der Waals surface area contributed by atoms with Crippen LogP contribution in [0.3, 0.4) is 0 Å². The van der Waals surface area contributed by atoms with E-state index >= 15 is 0 Å². The van der Waals surface area contributed by atoms with Gasteiger partial charge in [0.15, 0.2) is 0 Å². The summed E-state index contributed by atoms with van der Waals surface area (Å²) in [5.74, 6) is 3.19. The Bertz CT molecular complexity index is 523. The van der Waals surface area contributed by atoms with Gasteiger partial charge in [-0.15, -0.1) is 24.8 Å². The largest absolute Gasteiger partial charge is 0.496 e. The molecule has 7 heteroatoms. The number of nitrogens with one attached hydrogen (secondary N) is 1. The first-order chi connectivity index (χ1) is 11.8. The Balaban J connectivity index is 0.00000169. The van der Waals surface area contributed by atoms with Crippen molar-refractivity contribution in [3.8, 4) is 17.2 Å². The number of hydrogen-bond acceptors (Lipinski definition) is 5. The Morgan fingerprint density at radius 2 is 1.46 bits per heavy atom. The Morgan fingerprint density at radius 1 is 0.923 bits per heavy atom. The van der Waals surface area contributed by atoms with Crippen molar-refractivity contribution in [1.29, 1.82) is 0 Å². The minimum Gasteiger partial charge on any atom is -0.496 e. The minimum atomic E-state index is 0. The summed E-state index contributed by atoms with van der Waals surface area (Å²) in [5, 5.41) is 3.46. The molecule has 0 radical (unpaired) electrons. The number of nitrogens with zero attached hydrogens (tertiary/aromatic N) is 1. The van der Waals surface area contributed by atoms with Gasteiger partial charge in [0.05, 0.1) is 26.9 Å². The minimum absolute atomic E-state index is 0. The van der Waals surface area contributed by atoms with Crippen LogP contribution in [0.15, 0.2) is 12.1 Å². The summed E-state index contributed by atoms with van der Waals surface area (Å²) in [6.07, 6.45) is 5.22. The van der Waals surface area contributed by atoms with Crippen LogP contribution in [-0.4, -0.2) is 52.4 Å². The van der Waals surface area contributed by atoms with Crippen LogP contribution in [0.5, 0.6) is 17.2 Å². The van der Waals surface area contributed by atoms with Crippen molar-refractivity contribution >= 4 is 24.8 Å². The van der Waals surface area contributed by atoms with Gasteiger partial charge in [0.25, 0.3) is 0 Å². The number of ether oxygens (including phenoxy) is 3. The molecule has 0 spiro atoms. The van der Waals surface area contributed by atoms with Crippen molar-refractivity contribution in [3.05, 3.63) is 17.7 Å². The maximum atomic E-state index is 5.76. The van der Waals surface area contributed by atoms with Gasteiger partial charge < -0.3 is 19.5 Å². The van der Waals surface area contributed by atoms with Crippen LogP contribution in [-0.2, 0) is 0 Å². The van der Waals surface area contributed by atoms with Crippen molar-refractivity contribution in [2.45, 2.75) is 31.7 Å². The molecular weight excluding hydrogens is 375 g/mol. The topological polar surface area (TPSA) is 43.0 Å². The van der Waals surface area contributed by atoms with Gasteiger partial charge in [0, 0.05) is 44.4 Å². The smallest absolute Gasteiger partial charge is 0.131 e. The van der Waals surface area contributed by atoms with Crippen molar-refractivity contribution in [2.24, 2.45) is 5.92 Å². The van der Waals surface area contributed by atoms with Gasteiger partial charge in [0.1, 0.15) is 17.2 Å². The van der Waals surface area contributed by atoms with Gasteiger partial charge in [-0.3, -0.25) is 4.90 Å². The van der Waals surface area contributed by atoms with Gasteiger partial charge in [-0.05, 0) is 18.8 Å². The molecule has 1 aromatic rings. The highest BCUT2D eigenvalue weighted by molar-refractivity contribution is 5.85. The van der Waals surface area contributed by atoms with Gasteiger partial charge >= 0.3 is 0 Å². The quantitative estimate of drug-likeness (QED) is 0.779. The van der Waals surface area contributed by atoms with Gasteiger partial charge in [-0.2, -0.15) is 0 Å². The molecule has 1 aliphatic carbocycles. The summed E-state index contributed by atoms with van der Waals surface area (Å²) in [6, 6.07) is 4.33. The Hall–Kier alpha value is -0.880. The molecule has 0 amide bonds. The number of halogens is 2. The van der Waals surface area contributed by atoms with Gasteiger partial charge in [-0.25, -0.2) is 0 Å². The molecule has 2 fully saturated rings. The molecule has 0 aromatic heterocycles. The van der Waals surface area contributed by atoms with E-state index in [1.165, 1.54) is 31.2 Å². The Kier molecular flexibility index (Phi) is 9.86. The average molecular weight is 407 g/mol. The monoisotopic (exact) mass is 406 g/mol. The standard InChI is InChI=1S/C19H30N2O3.2ClH/c1-22-15-12-16(23-2)18(17(13-15)24-3)19(14-6-4-5-7-14)21-10-8-20-9-11-21;;/h12-14,19-20H,4-11H2,1-3H3;2*1H/t19-;;/m1../s1. The van der Waals surface area contributed by atoms with Crippen LogP contribution < -0.4 is 19.5 Å².